The fraction of sp³-hybridized carbons (Fsp3) is 0.320. The van der Waals surface area contributed by atoms with Crippen LogP contribution in [0.4, 0.5) is 5.69 Å². The lowest BCUT2D eigenvalue weighted by molar-refractivity contribution is 0.0688. The Bertz CT molecular complexity index is 1440. The summed E-state index contributed by atoms with van der Waals surface area (Å²) in [6.45, 7) is 6.98. The van der Waals surface area contributed by atoms with Crippen LogP contribution < -0.4 is 14.8 Å². The van der Waals surface area contributed by atoms with Crippen molar-refractivity contribution >= 4 is 27.6 Å². The smallest absolute Gasteiger partial charge is 0.356 e. The SMILES string of the molecule is Cc1ccccc1C(=O)Nc1ccc(Oc2c(C)c(C(=O)O)nn2C(C)C)c(S(=O)(=O)NC2CC2)c1. The van der Waals surface area contributed by atoms with Gasteiger partial charge >= 0.3 is 5.97 Å². The van der Waals surface area contributed by atoms with Gasteiger partial charge in [0.1, 0.15) is 10.6 Å². The molecule has 1 fully saturated rings. The van der Waals surface area contributed by atoms with Crippen LogP contribution in [0.1, 0.15) is 64.7 Å². The molecule has 1 aliphatic rings. The molecule has 4 rings (SSSR count). The number of aryl methyl sites for hydroxylation is 1. The maximum atomic E-state index is 13.3. The summed E-state index contributed by atoms with van der Waals surface area (Å²) in [6.07, 6.45) is 1.47. The average molecular weight is 513 g/mol. The topological polar surface area (TPSA) is 140 Å². The Balaban J connectivity index is 1.75. The van der Waals surface area contributed by atoms with Gasteiger partial charge in [-0.25, -0.2) is 22.6 Å². The molecule has 3 N–H and O–H groups in total. The van der Waals surface area contributed by atoms with Crippen LogP contribution in [-0.4, -0.2) is 41.2 Å². The van der Waals surface area contributed by atoms with Gasteiger partial charge in [0.25, 0.3) is 5.91 Å². The van der Waals surface area contributed by atoms with Crippen molar-refractivity contribution in [1.82, 2.24) is 14.5 Å². The van der Waals surface area contributed by atoms with Gasteiger partial charge < -0.3 is 15.2 Å². The highest BCUT2D eigenvalue weighted by atomic mass is 32.2. The summed E-state index contributed by atoms with van der Waals surface area (Å²) in [6, 6.07) is 11.0. The minimum atomic E-state index is -4.01. The lowest BCUT2D eigenvalue weighted by atomic mass is 10.1. The Morgan fingerprint density at radius 2 is 1.83 bits per heavy atom. The van der Waals surface area contributed by atoms with Crippen LogP contribution >= 0.6 is 0 Å². The molecular formula is C25H28N4O6S. The Morgan fingerprint density at radius 1 is 1.14 bits per heavy atom. The first-order valence-corrected chi connectivity index (χ1v) is 13.0. The summed E-state index contributed by atoms with van der Waals surface area (Å²) in [5, 5.41) is 16.4. The van der Waals surface area contributed by atoms with E-state index in [1.165, 1.54) is 22.9 Å². The van der Waals surface area contributed by atoms with Crippen molar-refractivity contribution in [2.24, 2.45) is 0 Å². The molecule has 36 heavy (non-hydrogen) atoms. The number of rotatable bonds is 9. The van der Waals surface area contributed by atoms with E-state index >= 15 is 0 Å². The predicted octanol–water partition coefficient (Wildman–Crippen LogP) is 4.26. The number of sulfonamides is 1. The molecule has 11 heteroatoms. The minimum Gasteiger partial charge on any atom is -0.476 e. The number of carboxylic acids is 1. The van der Waals surface area contributed by atoms with E-state index in [9.17, 15) is 23.1 Å². The zero-order chi connectivity index (χ0) is 26.2. The van der Waals surface area contributed by atoms with Gasteiger partial charge in [-0.2, -0.15) is 5.10 Å². The van der Waals surface area contributed by atoms with Crippen molar-refractivity contribution in [2.75, 3.05) is 5.32 Å². The summed E-state index contributed by atoms with van der Waals surface area (Å²) in [7, 11) is -4.01. The molecule has 0 saturated heterocycles. The van der Waals surface area contributed by atoms with Crippen molar-refractivity contribution in [1.29, 1.82) is 0 Å². The van der Waals surface area contributed by atoms with Crippen LogP contribution in [0.25, 0.3) is 0 Å². The molecule has 2 aromatic carbocycles. The first-order valence-electron chi connectivity index (χ1n) is 11.5. The average Bonchev–Trinajstić information content (AvgIpc) is 3.55. The molecule has 0 atom stereocenters. The number of anilines is 1. The van der Waals surface area contributed by atoms with Crippen molar-refractivity contribution in [3.8, 4) is 11.6 Å². The van der Waals surface area contributed by atoms with Gasteiger partial charge in [-0.1, -0.05) is 18.2 Å². The normalized spacial score (nSPS) is 13.6. The van der Waals surface area contributed by atoms with Crippen LogP contribution in [0.2, 0.25) is 0 Å². The summed E-state index contributed by atoms with van der Waals surface area (Å²) in [5.74, 6) is -1.48. The highest BCUT2D eigenvalue weighted by Crippen LogP contribution is 2.36. The van der Waals surface area contributed by atoms with E-state index in [2.05, 4.69) is 15.1 Å². The molecule has 1 aromatic heterocycles. The number of nitrogens with one attached hydrogen (secondary N) is 2. The summed E-state index contributed by atoms with van der Waals surface area (Å²) in [4.78, 5) is 24.3. The number of carboxylic acid groups (broad SMARTS) is 1. The fourth-order valence-electron chi connectivity index (χ4n) is 3.67. The van der Waals surface area contributed by atoms with E-state index in [0.717, 1.165) is 18.4 Å². The van der Waals surface area contributed by atoms with Gasteiger partial charge in [0.15, 0.2) is 5.69 Å². The third-order valence-corrected chi connectivity index (χ3v) is 7.31. The number of carbonyl (C=O) groups is 2. The first kappa shape index (κ1) is 25.4. The lowest BCUT2D eigenvalue weighted by Gasteiger charge is -2.17. The van der Waals surface area contributed by atoms with E-state index in [1.807, 2.05) is 19.1 Å². The molecule has 1 saturated carbocycles. The molecule has 190 valence electrons. The van der Waals surface area contributed by atoms with Crippen molar-refractivity contribution < 1.29 is 27.9 Å². The van der Waals surface area contributed by atoms with Gasteiger partial charge in [-0.15, -0.1) is 0 Å². The van der Waals surface area contributed by atoms with Crippen LogP contribution in [0.5, 0.6) is 11.6 Å². The van der Waals surface area contributed by atoms with E-state index in [1.54, 1.807) is 32.9 Å². The highest BCUT2D eigenvalue weighted by molar-refractivity contribution is 7.89. The second-order valence-electron chi connectivity index (χ2n) is 9.05. The van der Waals surface area contributed by atoms with E-state index in [0.29, 0.717) is 5.56 Å². The molecule has 1 heterocycles. The van der Waals surface area contributed by atoms with Crippen LogP contribution in [0.15, 0.2) is 47.4 Å². The molecule has 10 nitrogen and oxygen atoms in total. The Hall–Kier alpha value is -3.70. The number of hydrogen-bond acceptors (Lipinski definition) is 6. The Morgan fingerprint density at radius 3 is 2.44 bits per heavy atom. The predicted molar refractivity (Wildman–Crippen MR) is 133 cm³/mol. The van der Waals surface area contributed by atoms with E-state index in [-0.39, 0.29) is 51.5 Å². The summed E-state index contributed by atoms with van der Waals surface area (Å²) < 4.78 is 36.6. The Kier molecular flexibility index (Phi) is 6.87. The molecule has 0 bridgehead atoms. The second kappa shape index (κ2) is 9.75. The summed E-state index contributed by atoms with van der Waals surface area (Å²) >= 11 is 0. The largest absolute Gasteiger partial charge is 0.476 e. The van der Waals surface area contributed by atoms with Gasteiger partial charge in [-0.3, -0.25) is 4.79 Å². The van der Waals surface area contributed by atoms with Crippen molar-refractivity contribution in [2.45, 2.75) is 57.5 Å². The number of hydrogen-bond donors (Lipinski definition) is 3. The number of nitrogens with zero attached hydrogens (tertiary/aromatic N) is 2. The van der Waals surface area contributed by atoms with Crippen molar-refractivity contribution in [3.63, 3.8) is 0 Å². The molecule has 0 aliphatic heterocycles. The van der Waals surface area contributed by atoms with Crippen LogP contribution in [-0.2, 0) is 10.0 Å². The molecule has 0 radical (unpaired) electrons. The first-order chi connectivity index (χ1) is 17.0. The number of ether oxygens (including phenoxy) is 1. The minimum absolute atomic E-state index is 0.0149. The van der Waals surface area contributed by atoms with E-state index in [4.69, 9.17) is 4.74 Å². The van der Waals surface area contributed by atoms with Crippen LogP contribution in [0, 0.1) is 13.8 Å². The second-order valence-corrected chi connectivity index (χ2v) is 10.7. The quantitative estimate of drug-likeness (QED) is 0.389. The number of amides is 1. The number of benzene rings is 2. The number of aromatic carboxylic acids is 1. The standard InChI is InChI=1S/C25H28N4O6S/c1-14(2)29-24(16(4)22(27-29)25(31)32)35-20-12-11-18(13-21(20)36(33,34)28-17-9-10-17)26-23(30)19-8-6-5-7-15(19)3/h5-8,11-14,17,28H,9-10H2,1-4H3,(H,26,30)(H,31,32). The Labute approximate surface area is 209 Å². The molecule has 0 spiro atoms. The van der Waals surface area contributed by atoms with Gasteiger partial charge in [-0.05, 0) is 70.4 Å². The molecule has 3 aromatic rings. The third kappa shape index (κ3) is 5.26. The number of carbonyl (C=O) groups excluding carboxylic acids is 1. The molecule has 1 amide bonds. The molecule has 0 unspecified atom stereocenters. The molecule has 1 aliphatic carbocycles. The van der Waals surface area contributed by atoms with E-state index < -0.39 is 16.0 Å². The fourth-order valence-corrected chi connectivity index (χ4v) is 5.13. The van der Waals surface area contributed by atoms with Gasteiger partial charge in [0, 0.05) is 22.9 Å². The monoisotopic (exact) mass is 512 g/mol. The van der Waals surface area contributed by atoms with Gasteiger partial charge in [0.2, 0.25) is 15.9 Å². The zero-order valence-electron chi connectivity index (χ0n) is 20.4. The van der Waals surface area contributed by atoms with Crippen LogP contribution in [0.3, 0.4) is 0 Å². The molecular weight excluding hydrogens is 484 g/mol. The maximum Gasteiger partial charge on any atom is 0.356 e. The maximum absolute atomic E-state index is 13.3. The summed E-state index contributed by atoms with van der Waals surface area (Å²) in [5.41, 5.74) is 1.61. The third-order valence-electron chi connectivity index (χ3n) is 5.77. The lowest BCUT2D eigenvalue weighted by Crippen LogP contribution is -2.26. The highest BCUT2D eigenvalue weighted by Gasteiger charge is 2.31. The zero-order valence-corrected chi connectivity index (χ0v) is 21.2. The number of aromatic nitrogens is 2. The van der Waals surface area contributed by atoms with Gasteiger partial charge in [0.05, 0.1) is 6.04 Å². The van der Waals surface area contributed by atoms with Crippen molar-refractivity contribution in [3.05, 3.63) is 64.8 Å².